The zero-order valence-corrected chi connectivity index (χ0v) is 12.6. The highest BCUT2D eigenvalue weighted by Gasteiger charge is 2.70. The molecule has 0 aromatic carbocycles. The number of carbonyl (C=O) groups is 1. The van der Waals surface area contributed by atoms with Crippen molar-refractivity contribution >= 4 is 16.1 Å². The van der Waals surface area contributed by atoms with Gasteiger partial charge in [-0.3, -0.25) is 4.18 Å². The van der Waals surface area contributed by atoms with E-state index < -0.39 is 33.0 Å². The monoisotopic (exact) mass is 314 g/mol. The molecule has 2 aliphatic carbocycles. The zero-order valence-electron chi connectivity index (χ0n) is 11.8. The van der Waals surface area contributed by atoms with E-state index >= 15 is 0 Å². The molecule has 5 unspecified atom stereocenters. The van der Waals surface area contributed by atoms with E-state index in [9.17, 15) is 13.2 Å². The second-order valence-electron chi connectivity index (χ2n) is 6.09. The summed E-state index contributed by atoms with van der Waals surface area (Å²) >= 11 is 0. The Labute approximate surface area is 123 Å². The number of fused-ring (bicyclic) bond motifs is 1. The first-order valence-electron chi connectivity index (χ1n) is 6.85. The molecule has 116 valence electrons. The molecule has 1 saturated heterocycles. The van der Waals surface area contributed by atoms with Crippen LogP contribution < -0.4 is 0 Å². The van der Waals surface area contributed by atoms with Crippen LogP contribution in [0.5, 0.6) is 0 Å². The lowest BCUT2D eigenvalue weighted by molar-refractivity contribution is -0.138. The van der Waals surface area contributed by atoms with Crippen LogP contribution in [0.25, 0.3) is 0 Å². The largest absolute Gasteiger partial charge is 0.490 e. The van der Waals surface area contributed by atoms with Crippen molar-refractivity contribution in [1.29, 1.82) is 0 Å². The average Bonchev–Trinajstić information content (AvgIpc) is 2.93. The average molecular weight is 314 g/mol. The van der Waals surface area contributed by atoms with Crippen LogP contribution in [0.2, 0.25) is 0 Å². The van der Waals surface area contributed by atoms with E-state index in [1.54, 1.807) is 0 Å². The predicted octanol–water partition coefficient (Wildman–Crippen LogP) is 1.14. The lowest BCUT2D eigenvalue weighted by Gasteiger charge is -2.30. The molecule has 0 amide bonds. The highest BCUT2D eigenvalue weighted by molar-refractivity contribution is 7.87. The van der Waals surface area contributed by atoms with Crippen LogP contribution in [0, 0.1) is 11.8 Å². The maximum Gasteiger partial charge on any atom is 0.330 e. The van der Waals surface area contributed by atoms with Gasteiger partial charge in [-0.2, -0.15) is 8.42 Å². The minimum absolute atomic E-state index is 0.0268. The zero-order chi connectivity index (χ0) is 15.4. The predicted molar refractivity (Wildman–Crippen MR) is 73.6 cm³/mol. The van der Waals surface area contributed by atoms with Crippen LogP contribution in [0.4, 0.5) is 0 Å². The van der Waals surface area contributed by atoms with Gasteiger partial charge in [-0.15, -0.1) is 0 Å². The number of hydrogen-bond acceptors (Lipinski definition) is 6. The molecule has 1 heterocycles. The molecule has 3 fully saturated rings. The standard InChI is InChI=1S/C14H18O6S/c1-4-11(15)18-7-8(2)19-12-9-5-10-13(12)21(16,17)20-14(10,3)6-9/h4,9-10,12-13H,1-2,5-7H2,3H3. The van der Waals surface area contributed by atoms with E-state index in [1.165, 1.54) is 0 Å². The molecule has 3 rings (SSSR count). The summed E-state index contributed by atoms with van der Waals surface area (Å²) in [4.78, 5) is 11.0. The molecule has 2 saturated carbocycles. The van der Waals surface area contributed by atoms with Crippen LogP contribution >= 0.6 is 0 Å². The second-order valence-corrected chi connectivity index (χ2v) is 7.79. The summed E-state index contributed by atoms with van der Waals surface area (Å²) in [5.74, 6) is -0.223. The van der Waals surface area contributed by atoms with Gasteiger partial charge in [-0.05, 0) is 19.8 Å². The Kier molecular flexibility index (Phi) is 3.18. The van der Waals surface area contributed by atoms with Crippen molar-refractivity contribution in [2.75, 3.05) is 6.61 Å². The molecule has 0 aromatic heterocycles. The van der Waals surface area contributed by atoms with Gasteiger partial charge in [0, 0.05) is 17.9 Å². The highest BCUT2D eigenvalue weighted by Crippen LogP contribution is 2.61. The Morgan fingerprint density at radius 3 is 2.90 bits per heavy atom. The number of rotatable bonds is 5. The van der Waals surface area contributed by atoms with Gasteiger partial charge in [-0.1, -0.05) is 13.2 Å². The molecule has 0 aromatic rings. The van der Waals surface area contributed by atoms with E-state index in [1.807, 2.05) is 6.92 Å². The molecule has 6 nitrogen and oxygen atoms in total. The van der Waals surface area contributed by atoms with E-state index in [-0.39, 0.29) is 24.2 Å². The maximum atomic E-state index is 12.2. The van der Waals surface area contributed by atoms with Crippen molar-refractivity contribution in [3.63, 3.8) is 0 Å². The lowest BCUT2D eigenvalue weighted by Crippen LogP contribution is -2.41. The lowest BCUT2D eigenvalue weighted by atomic mass is 9.84. The summed E-state index contributed by atoms with van der Waals surface area (Å²) < 4.78 is 40.1. The van der Waals surface area contributed by atoms with Gasteiger partial charge in [0.15, 0.2) is 0 Å². The SMILES string of the molecule is C=CC(=O)OCC(=C)OC1C2CC3C1S(=O)(=O)OC3(C)C2. The van der Waals surface area contributed by atoms with Crippen LogP contribution in [0.3, 0.4) is 0 Å². The summed E-state index contributed by atoms with van der Waals surface area (Å²) in [7, 11) is -3.61. The summed E-state index contributed by atoms with van der Waals surface area (Å²) in [6.07, 6.45) is 2.03. The Hall–Kier alpha value is -1.34. The summed E-state index contributed by atoms with van der Waals surface area (Å²) in [6.45, 7) is 8.72. The fourth-order valence-corrected chi connectivity index (χ4v) is 6.18. The minimum Gasteiger partial charge on any atom is -0.490 e. The smallest absolute Gasteiger partial charge is 0.330 e. The van der Waals surface area contributed by atoms with Gasteiger partial charge in [0.25, 0.3) is 10.1 Å². The molecule has 0 N–H and O–H groups in total. The first-order chi connectivity index (χ1) is 9.77. The number of esters is 1. The molecule has 1 aliphatic heterocycles. The molecule has 0 radical (unpaired) electrons. The summed E-state index contributed by atoms with van der Waals surface area (Å²) in [5.41, 5.74) is -0.579. The number of hydrogen-bond donors (Lipinski definition) is 0. The fourth-order valence-electron chi connectivity index (χ4n) is 3.94. The van der Waals surface area contributed by atoms with Crippen LogP contribution in [0.15, 0.2) is 25.0 Å². The molecule has 2 bridgehead atoms. The third-order valence-corrected chi connectivity index (χ3v) is 6.55. The fraction of sp³-hybridized carbons (Fsp3) is 0.643. The second kappa shape index (κ2) is 4.58. The van der Waals surface area contributed by atoms with Gasteiger partial charge in [0.2, 0.25) is 0 Å². The van der Waals surface area contributed by atoms with E-state index in [2.05, 4.69) is 13.2 Å². The van der Waals surface area contributed by atoms with E-state index in [4.69, 9.17) is 13.7 Å². The maximum absolute atomic E-state index is 12.2. The quantitative estimate of drug-likeness (QED) is 0.328. The van der Waals surface area contributed by atoms with Crippen molar-refractivity contribution in [3.05, 3.63) is 25.0 Å². The van der Waals surface area contributed by atoms with Gasteiger partial charge >= 0.3 is 5.97 Å². The first kappa shape index (κ1) is 14.6. The van der Waals surface area contributed by atoms with E-state index in [0.717, 1.165) is 12.5 Å². The van der Waals surface area contributed by atoms with Crippen molar-refractivity contribution < 1.29 is 26.9 Å². The van der Waals surface area contributed by atoms with Crippen molar-refractivity contribution in [2.45, 2.75) is 36.7 Å². The topological polar surface area (TPSA) is 78.9 Å². The Morgan fingerprint density at radius 2 is 2.24 bits per heavy atom. The Balaban J connectivity index is 1.69. The summed E-state index contributed by atoms with van der Waals surface area (Å²) in [5, 5.41) is -0.645. The van der Waals surface area contributed by atoms with Crippen molar-refractivity contribution in [3.8, 4) is 0 Å². The molecule has 0 spiro atoms. The van der Waals surface area contributed by atoms with Gasteiger partial charge in [0.05, 0.1) is 5.60 Å². The van der Waals surface area contributed by atoms with Crippen LogP contribution in [-0.2, 0) is 28.6 Å². The Bertz CT molecular complexity index is 609. The number of carbonyl (C=O) groups excluding carboxylic acids is 1. The van der Waals surface area contributed by atoms with Gasteiger partial charge < -0.3 is 9.47 Å². The third kappa shape index (κ3) is 2.19. The molecular weight excluding hydrogens is 296 g/mol. The van der Waals surface area contributed by atoms with Crippen LogP contribution in [-0.4, -0.2) is 37.9 Å². The van der Waals surface area contributed by atoms with E-state index in [0.29, 0.717) is 6.42 Å². The molecule has 5 atom stereocenters. The molecule has 7 heteroatoms. The van der Waals surface area contributed by atoms with Crippen molar-refractivity contribution in [2.24, 2.45) is 11.8 Å². The molecule has 3 aliphatic rings. The van der Waals surface area contributed by atoms with Gasteiger partial charge in [-0.25, -0.2) is 4.79 Å². The summed E-state index contributed by atoms with van der Waals surface area (Å²) in [6, 6.07) is 0. The number of ether oxygens (including phenoxy) is 2. The molecular formula is C14H18O6S. The normalized spacial score (nSPS) is 41.8. The van der Waals surface area contributed by atoms with Crippen LogP contribution in [0.1, 0.15) is 19.8 Å². The Morgan fingerprint density at radius 1 is 1.52 bits per heavy atom. The third-order valence-electron chi connectivity index (χ3n) is 4.68. The first-order valence-corrected chi connectivity index (χ1v) is 8.32. The minimum atomic E-state index is -3.61. The highest BCUT2D eigenvalue weighted by atomic mass is 32.2. The van der Waals surface area contributed by atoms with Gasteiger partial charge in [0.1, 0.15) is 23.7 Å². The molecule has 21 heavy (non-hydrogen) atoms. The van der Waals surface area contributed by atoms with Crippen molar-refractivity contribution in [1.82, 2.24) is 0 Å².